The number of aliphatic carboxylic acids is 1. The van der Waals surface area contributed by atoms with Crippen LogP contribution >= 0.6 is 0 Å². The Bertz CT molecular complexity index is 951. The van der Waals surface area contributed by atoms with Gasteiger partial charge in [-0.25, -0.2) is 13.1 Å². The largest absolute Gasteiger partial charge is 0.481 e. The van der Waals surface area contributed by atoms with Crippen molar-refractivity contribution in [1.29, 1.82) is 0 Å². The summed E-state index contributed by atoms with van der Waals surface area (Å²) in [7, 11) is -3.72. The molecule has 0 aromatic heterocycles. The molecule has 26 heavy (non-hydrogen) atoms. The highest BCUT2D eigenvalue weighted by atomic mass is 32.2. The van der Waals surface area contributed by atoms with Gasteiger partial charge in [0.05, 0.1) is 10.3 Å². The molecule has 2 aromatic rings. The lowest BCUT2D eigenvalue weighted by molar-refractivity contribution is -0.143. The number of hydrogen-bond acceptors (Lipinski definition) is 4. The summed E-state index contributed by atoms with van der Waals surface area (Å²) in [5, 5.41) is 13.4. The van der Waals surface area contributed by atoms with Crippen LogP contribution in [0.1, 0.15) is 19.3 Å². The van der Waals surface area contributed by atoms with E-state index in [1.807, 2.05) is 24.3 Å². The minimum atomic E-state index is -3.72. The van der Waals surface area contributed by atoms with E-state index < -0.39 is 21.4 Å². The van der Waals surface area contributed by atoms with Crippen LogP contribution in [0.4, 0.5) is 0 Å². The van der Waals surface area contributed by atoms with E-state index in [9.17, 15) is 18.0 Å². The highest BCUT2D eigenvalue weighted by Crippen LogP contribution is 2.45. The van der Waals surface area contributed by atoms with Crippen LogP contribution in [0.25, 0.3) is 10.8 Å². The zero-order chi connectivity index (χ0) is 18.8. The Morgan fingerprint density at radius 1 is 1.08 bits per heavy atom. The Kier molecular flexibility index (Phi) is 4.97. The van der Waals surface area contributed by atoms with Gasteiger partial charge in [-0.05, 0) is 35.7 Å². The number of hydrogen-bond donors (Lipinski definition) is 3. The second kappa shape index (κ2) is 7.05. The lowest BCUT2D eigenvalue weighted by Crippen LogP contribution is -2.36. The fourth-order valence-corrected chi connectivity index (χ4v) is 3.76. The number of benzene rings is 2. The third-order valence-electron chi connectivity index (χ3n) is 4.61. The smallest absolute Gasteiger partial charge is 0.311 e. The van der Waals surface area contributed by atoms with Crippen molar-refractivity contribution >= 4 is 32.7 Å². The number of carboxylic acids is 1. The molecule has 0 spiro atoms. The molecular formula is C18H20N2O5S. The molecule has 0 bridgehead atoms. The number of carbonyl (C=O) groups excluding carboxylic acids is 1. The predicted octanol–water partition coefficient (Wildman–Crippen LogP) is 1.49. The second-order valence-electron chi connectivity index (χ2n) is 6.52. The SMILES string of the molecule is O=C(CCNS(=O)(=O)c1ccc2ccccc2c1)NCC1(C(=O)O)CC1. The van der Waals surface area contributed by atoms with Crippen molar-refractivity contribution in [2.75, 3.05) is 13.1 Å². The van der Waals surface area contributed by atoms with E-state index in [0.717, 1.165) is 10.8 Å². The van der Waals surface area contributed by atoms with E-state index in [1.54, 1.807) is 12.1 Å². The van der Waals surface area contributed by atoms with Crippen molar-refractivity contribution in [1.82, 2.24) is 10.0 Å². The van der Waals surface area contributed by atoms with Crippen LogP contribution in [-0.2, 0) is 19.6 Å². The first-order valence-corrected chi connectivity index (χ1v) is 9.79. The monoisotopic (exact) mass is 376 g/mol. The number of carbonyl (C=O) groups is 2. The van der Waals surface area contributed by atoms with Gasteiger partial charge in [0.1, 0.15) is 0 Å². The summed E-state index contributed by atoms with van der Waals surface area (Å²) in [6, 6.07) is 12.3. The highest BCUT2D eigenvalue weighted by molar-refractivity contribution is 7.89. The molecule has 0 unspecified atom stereocenters. The van der Waals surface area contributed by atoms with Gasteiger partial charge >= 0.3 is 5.97 Å². The number of fused-ring (bicyclic) bond motifs is 1. The van der Waals surface area contributed by atoms with Gasteiger partial charge in [-0.1, -0.05) is 30.3 Å². The number of rotatable bonds is 8. The number of amides is 1. The van der Waals surface area contributed by atoms with Gasteiger partial charge in [0.15, 0.2) is 0 Å². The molecule has 7 nitrogen and oxygen atoms in total. The zero-order valence-corrected chi connectivity index (χ0v) is 14.9. The van der Waals surface area contributed by atoms with Crippen molar-refractivity contribution in [3.63, 3.8) is 0 Å². The molecule has 8 heteroatoms. The molecule has 1 fully saturated rings. The molecule has 3 N–H and O–H groups in total. The van der Waals surface area contributed by atoms with E-state index >= 15 is 0 Å². The van der Waals surface area contributed by atoms with Crippen molar-refractivity contribution in [2.24, 2.45) is 5.41 Å². The quantitative estimate of drug-likeness (QED) is 0.646. The molecule has 1 aliphatic carbocycles. The maximum absolute atomic E-state index is 12.4. The van der Waals surface area contributed by atoms with E-state index in [0.29, 0.717) is 12.8 Å². The molecule has 3 rings (SSSR count). The summed E-state index contributed by atoms with van der Waals surface area (Å²) in [6.45, 7) is 0.0274. The van der Waals surface area contributed by atoms with E-state index in [4.69, 9.17) is 5.11 Å². The highest BCUT2D eigenvalue weighted by Gasteiger charge is 2.50. The van der Waals surface area contributed by atoms with Gasteiger partial charge in [-0.2, -0.15) is 0 Å². The zero-order valence-electron chi connectivity index (χ0n) is 14.1. The number of sulfonamides is 1. The molecule has 0 saturated heterocycles. The van der Waals surface area contributed by atoms with E-state index in [2.05, 4.69) is 10.0 Å². The van der Waals surface area contributed by atoms with Gasteiger partial charge in [0, 0.05) is 19.5 Å². The van der Waals surface area contributed by atoms with Gasteiger partial charge in [-0.15, -0.1) is 0 Å². The summed E-state index contributed by atoms with van der Waals surface area (Å²) in [5.41, 5.74) is -0.833. The second-order valence-corrected chi connectivity index (χ2v) is 8.29. The molecular weight excluding hydrogens is 356 g/mol. The lowest BCUT2D eigenvalue weighted by Gasteiger charge is -2.11. The van der Waals surface area contributed by atoms with Crippen LogP contribution in [0.5, 0.6) is 0 Å². The van der Waals surface area contributed by atoms with Crippen LogP contribution in [0.3, 0.4) is 0 Å². The first-order chi connectivity index (χ1) is 12.3. The summed E-state index contributed by atoms with van der Waals surface area (Å²) in [4.78, 5) is 23.0. The summed E-state index contributed by atoms with van der Waals surface area (Å²) in [6.07, 6.45) is 1.05. The van der Waals surface area contributed by atoms with Crippen molar-refractivity contribution < 1.29 is 23.1 Å². The maximum atomic E-state index is 12.4. The Morgan fingerprint density at radius 2 is 1.77 bits per heavy atom. The fraction of sp³-hybridized carbons (Fsp3) is 0.333. The molecule has 0 radical (unpaired) electrons. The first kappa shape index (κ1) is 18.3. The van der Waals surface area contributed by atoms with E-state index in [-0.39, 0.29) is 30.3 Å². The van der Waals surface area contributed by atoms with Gasteiger partial charge in [0.2, 0.25) is 15.9 Å². The standard InChI is InChI=1S/C18H20N2O5S/c21-16(19-12-18(8-9-18)17(22)23)7-10-20-26(24,25)15-6-5-13-3-1-2-4-14(13)11-15/h1-6,11,20H,7-10,12H2,(H,19,21)(H,22,23). The molecule has 0 heterocycles. The Hall–Kier alpha value is -2.45. The molecule has 1 saturated carbocycles. The third kappa shape index (κ3) is 4.03. The van der Waals surface area contributed by atoms with Gasteiger partial charge in [0.25, 0.3) is 0 Å². The van der Waals surface area contributed by atoms with Crippen molar-refractivity contribution in [2.45, 2.75) is 24.2 Å². The maximum Gasteiger partial charge on any atom is 0.311 e. The van der Waals surface area contributed by atoms with Crippen molar-refractivity contribution in [3.05, 3.63) is 42.5 Å². The summed E-state index contributed by atoms with van der Waals surface area (Å²) in [5.74, 6) is -1.28. The molecule has 1 aliphatic rings. The van der Waals surface area contributed by atoms with Crippen LogP contribution in [0.15, 0.2) is 47.4 Å². The molecule has 0 atom stereocenters. The molecule has 1 amide bonds. The molecule has 0 aliphatic heterocycles. The van der Waals surface area contributed by atoms with Gasteiger partial charge < -0.3 is 10.4 Å². The summed E-state index contributed by atoms with van der Waals surface area (Å²) >= 11 is 0. The summed E-state index contributed by atoms with van der Waals surface area (Å²) < 4.78 is 27.1. The fourth-order valence-electron chi connectivity index (χ4n) is 2.69. The minimum Gasteiger partial charge on any atom is -0.481 e. The van der Waals surface area contributed by atoms with Crippen LogP contribution in [0, 0.1) is 5.41 Å². The Morgan fingerprint density at radius 3 is 2.42 bits per heavy atom. The topological polar surface area (TPSA) is 113 Å². The third-order valence-corrected chi connectivity index (χ3v) is 6.07. The average molecular weight is 376 g/mol. The van der Waals surface area contributed by atoms with E-state index in [1.165, 1.54) is 6.07 Å². The first-order valence-electron chi connectivity index (χ1n) is 8.31. The number of carboxylic acid groups (broad SMARTS) is 1. The van der Waals surface area contributed by atoms with Crippen molar-refractivity contribution in [3.8, 4) is 0 Å². The lowest BCUT2D eigenvalue weighted by atomic mass is 10.1. The van der Waals surface area contributed by atoms with Gasteiger partial charge in [-0.3, -0.25) is 9.59 Å². The van der Waals surface area contributed by atoms with Crippen LogP contribution in [-0.4, -0.2) is 38.5 Å². The van der Waals surface area contributed by atoms with Crippen LogP contribution < -0.4 is 10.0 Å². The Balaban J connectivity index is 1.53. The molecule has 138 valence electrons. The minimum absolute atomic E-state index is 0.0531. The predicted molar refractivity (Wildman–Crippen MR) is 96.1 cm³/mol. The average Bonchev–Trinajstić information content (AvgIpc) is 3.41. The normalized spacial score (nSPS) is 15.5. The number of nitrogens with one attached hydrogen (secondary N) is 2. The van der Waals surface area contributed by atoms with Crippen LogP contribution in [0.2, 0.25) is 0 Å². The molecule has 2 aromatic carbocycles. The Labute approximate surface area is 151 Å².